The van der Waals surface area contributed by atoms with Crippen LogP contribution >= 0.6 is 0 Å². The topological polar surface area (TPSA) is 63.1 Å². The molecule has 0 spiro atoms. The second-order valence-corrected chi connectivity index (χ2v) is 8.05. The van der Waals surface area contributed by atoms with Crippen LogP contribution in [0.4, 0.5) is 5.69 Å². The molecule has 2 amide bonds. The Morgan fingerprint density at radius 2 is 1.38 bits per heavy atom. The van der Waals surface area contributed by atoms with E-state index in [1.165, 1.54) is 0 Å². The average molecular weight is 446 g/mol. The third-order valence-electron chi connectivity index (χ3n) is 5.81. The van der Waals surface area contributed by atoms with Crippen LogP contribution < -0.4 is 10.6 Å². The molecule has 166 valence electrons. The molecule has 0 saturated carbocycles. The normalized spacial score (nSPS) is 11.5. The Morgan fingerprint density at radius 1 is 0.735 bits per heavy atom. The first kappa shape index (κ1) is 21.2. The molecule has 5 heteroatoms. The monoisotopic (exact) mass is 445 g/mol. The fraction of sp³-hybridized carbons (Fsp3) is 0.0345. The lowest BCUT2D eigenvalue weighted by molar-refractivity contribution is -0.113. The molecule has 1 heterocycles. The van der Waals surface area contributed by atoms with E-state index in [0.29, 0.717) is 11.3 Å². The van der Waals surface area contributed by atoms with Crippen LogP contribution in [0.1, 0.15) is 15.9 Å². The van der Waals surface area contributed by atoms with Gasteiger partial charge in [0.25, 0.3) is 11.8 Å². The van der Waals surface area contributed by atoms with Gasteiger partial charge in [0.05, 0.1) is 0 Å². The Bertz CT molecular complexity index is 1530. The van der Waals surface area contributed by atoms with Gasteiger partial charge in [-0.3, -0.25) is 9.59 Å². The van der Waals surface area contributed by atoms with E-state index in [9.17, 15) is 9.59 Å². The molecule has 0 bridgehead atoms. The Kier molecular flexibility index (Phi) is 5.67. The second-order valence-electron chi connectivity index (χ2n) is 8.05. The van der Waals surface area contributed by atoms with Crippen molar-refractivity contribution in [2.24, 2.45) is 7.05 Å². The molecule has 0 saturated heterocycles. The molecule has 4 aromatic carbocycles. The number of aromatic nitrogens is 1. The molecule has 0 aliphatic rings. The largest absolute Gasteiger partial charge is 0.344 e. The molecule has 34 heavy (non-hydrogen) atoms. The number of amides is 2. The van der Waals surface area contributed by atoms with Gasteiger partial charge in [0.15, 0.2) is 0 Å². The standard InChI is InChI=1S/C29H23N3O2/c1-32-26-15-9-8-14-23(26)24-18-20(16-17-27(24)32)19-25(29(34)30-22-12-6-3-7-13-22)31-28(33)21-10-4-2-5-11-21/h2-19H,1H3,(H,30,34)(H,31,33). The third-order valence-corrected chi connectivity index (χ3v) is 5.81. The quantitative estimate of drug-likeness (QED) is 0.339. The molecular weight excluding hydrogens is 422 g/mol. The molecule has 0 radical (unpaired) electrons. The minimum absolute atomic E-state index is 0.164. The van der Waals surface area contributed by atoms with E-state index in [1.807, 2.05) is 61.6 Å². The minimum Gasteiger partial charge on any atom is -0.344 e. The van der Waals surface area contributed by atoms with E-state index in [4.69, 9.17) is 0 Å². The van der Waals surface area contributed by atoms with Crippen LogP contribution in [-0.4, -0.2) is 16.4 Å². The van der Waals surface area contributed by atoms with Gasteiger partial charge in [0.2, 0.25) is 0 Å². The third kappa shape index (κ3) is 4.19. The number of nitrogens with one attached hydrogen (secondary N) is 2. The van der Waals surface area contributed by atoms with Gasteiger partial charge in [0, 0.05) is 40.1 Å². The predicted molar refractivity (Wildman–Crippen MR) is 137 cm³/mol. The number of carbonyl (C=O) groups is 2. The lowest BCUT2D eigenvalue weighted by Gasteiger charge is -2.11. The van der Waals surface area contributed by atoms with E-state index in [-0.39, 0.29) is 11.6 Å². The van der Waals surface area contributed by atoms with E-state index < -0.39 is 5.91 Å². The highest BCUT2D eigenvalue weighted by Crippen LogP contribution is 2.29. The molecule has 0 fully saturated rings. The van der Waals surface area contributed by atoms with Crippen molar-refractivity contribution >= 4 is 45.4 Å². The van der Waals surface area contributed by atoms with Crippen molar-refractivity contribution in [1.29, 1.82) is 0 Å². The number of benzene rings is 4. The van der Waals surface area contributed by atoms with Gasteiger partial charge in [-0.25, -0.2) is 0 Å². The highest BCUT2D eigenvalue weighted by Gasteiger charge is 2.16. The maximum atomic E-state index is 13.2. The maximum Gasteiger partial charge on any atom is 0.272 e. The number of hydrogen-bond donors (Lipinski definition) is 2. The fourth-order valence-electron chi connectivity index (χ4n) is 4.10. The first-order chi connectivity index (χ1) is 16.6. The number of aryl methyl sites for hydroxylation is 1. The Balaban J connectivity index is 1.55. The summed E-state index contributed by atoms with van der Waals surface area (Å²) < 4.78 is 2.15. The lowest BCUT2D eigenvalue weighted by Crippen LogP contribution is -2.30. The number of anilines is 1. The number of fused-ring (bicyclic) bond motifs is 3. The summed E-state index contributed by atoms with van der Waals surface area (Å²) in [4.78, 5) is 26.0. The van der Waals surface area contributed by atoms with Gasteiger partial charge < -0.3 is 15.2 Å². The van der Waals surface area contributed by atoms with Crippen LogP contribution in [0.5, 0.6) is 0 Å². The summed E-state index contributed by atoms with van der Waals surface area (Å²) in [6.45, 7) is 0. The summed E-state index contributed by atoms with van der Waals surface area (Å²) in [6, 6.07) is 32.3. The zero-order valence-corrected chi connectivity index (χ0v) is 18.7. The van der Waals surface area contributed by atoms with Crippen LogP contribution in [-0.2, 0) is 11.8 Å². The van der Waals surface area contributed by atoms with Gasteiger partial charge in [-0.15, -0.1) is 0 Å². The highest BCUT2D eigenvalue weighted by atomic mass is 16.2. The summed E-state index contributed by atoms with van der Waals surface area (Å²) >= 11 is 0. The van der Waals surface area contributed by atoms with Crippen LogP contribution in [0.15, 0.2) is 109 Å². The molecule has 5 rings (SSSR count). The number of nitrogens with zero attached hydrogens (tertiary/aromatic N) is 1. The molecule has 0 aliphatic carbocycles. The number of hydrogen-bond acceptors (Lipinski definition) is 2. The lowest BCUT2D eigenvalue weighted by atomic mass is 10.1. The van der Waals surface area contributed by atoms with Crippen molar-refractivity contribution in [1.82, 2.24) is 9.88 Å². The minimum atomic E-state index is -0.395. The Morgan fingerprint density at radius 3 is 2.15 bits per heavy atom. The van der Waals surface area contributed by atoms with Crippen molar-refractivity contribution in [3.8, 4) is 0 Å². The summed E-state index contributed by atoms with van der Waals surface area (Å²) in [5, 5.41) is 7.89. The van der Waals surface area contributed by atoms with Crippen molar-refractivity contribution in [2.75, 3.05) is 5.32 Å². The Hall–Kier alpha value is -4.64. The van der Waals surface area contributed by atoms with Gasteiger partial charge in [0.1, 0.15) is 5.70 Å². The Labute approximate surface area is 197 Å². The van der Waals surface area contributed by atoms with Gasteiger partial charge in [-0.1, -0.05) is 60.7 Å². The van der Waals surface area contributed by atoms with Crippen LogP contribution in [0.3, 0.4) is 0 Å². The smallest absolute Gasteiger partial charge is 0.272 e. The van der Waals surface area contributed by atoms with E-state index >= 15 is 0 Å². The molecule has 0 atom stereocenters. The molecular formula is C29H23N3O2. The van der Waals surface area contributed by atoms with Crippen LogP contribution in [0.2, 0.25) is 0 Å². The maximum absolute atomic E-state index is 13.2. The van der Waals surface area contributed by atoms with E-state index in [2.05, 4.69) is 27.3 Å². The number of para-hydroxylation sites is 2. The molecule has 2 N–H and O–H groups in total. The predicted octanol–water partition coefficient (Wildman–Crippen LogP) is 5.74. The van der Waals surface area contributed by atoms with Crippen molar-refractivity contribution in [3.05, 3.63) is 120 Å². The summed E-state index contributed by atoms with van der Waals surface area (Å²) in [5.74, 6) is -0.741. The average Bonchev–Trinajstić information content (AvgIpc) is 3.16. The van der Waals surface area contributed by atoms with Gasteiger partial charge in [-0.2, -0.15) is 0 Å². The molecule has 1 aromatic heterocycles. The second kappa shape index (κ2) is 9.08. The first-order valence-corrected chi connectivity index (χ1v) is 11.0. The molecule has 5 aromatic rings. The number of rotatable bonds is 5. The summed E-state index contributed by atoms with van der Waals surface area (Å²) in [7, 11) is 2.04. The molecule has 0 unspecified atom stereocenters. The molecule has 0 aliphatic heterocycles. The van der Waals surface area contributed by atoms with E-state index in [0.717, 1.165) is 27.4 Å². The van der Waals surface area contributed by atoms with Crippen LogP contribution in [0, 0.1) is 0 Å². The molecule has 5 nitrogen and oxygen atoms in total. The van der Waals surface area contributed by atoms with E-state index in [1.54, 1.807) is 42.5 Å². The summed E-state index contributed by atoms with van der Waals surface area (Å²) in [6.07, 6.45) is 1.71. The highest BCUT2D eigenvalue weighted by molar-refractivity contribution is 6.12. The zero-order valence-electron chi connectivity index (χ0n) is 18.7. The van der Waals surface area contributed by atoms with Gasteiger partial charge >= 0.3 is 0 Å². The van der Waals surface area contributed by atoms with Crippen LogP contribution in [0.25, 0.3) is 27.9 Å². The van der Waals surface area contributed by atoms with Crippen molar-refractivity contribution < 1.29 is 9.59 Å². The van der Waals surface area contributed by atoms with Crippen molar-refractivity contribution in [3.63, 3.8) is 0 Å². The SMILES string of the molecule is Cn1c2ccccc2c2cc(C=C(NC(=O)c3ccccc3)C(=O)Nc3ccccc3)ccc21. The van der Waals surface area contributed by atoms with Crippen molar-refractivity contribution in [2.45, 2.75) is 0 Å². The first-order valence-electron chi connectivity index (χ1n) is 11.0. The zero-order chi connectivity index (χ0) is 23.5. The number of carbonyl (C=O) groups excluding carboxylic acids is 2. The fourth-order valence-corrected chi connectivity index (χ4v) is 4.10. The summed E-state index contributed by atoms with van der Waals surface area (Å²) in [5.41, 5.74) is 4.34. The van der Waals surface area contributed by atoms with Gasteiger partial charge in [-0.05, 0) is 54.1 Å².